The van der Waals surface area contributed by atoms with Gasteiger partial charge in [0.15, 0.2) is 0 Å². The van der Waals surface area contributed by atoms with Crippen LogP contribution in [0.3, 0.4) is 0 Å². The first kappa shape index (κ1) is 14.2. The number of hydrogen-bond donors (Lipinski definition) is 1. The van der Waals surface area contributed by atoms with Crippen molar-refractivity contribution in [3.63, 3.8) is 0 Å². The van der Waals surface area contributed by atoms with E-state index in [0.29, 0.717) is 0 Å². The molecule has 0 unspecified atom stereocenters. The molecule has 5 heteroatoms. The zero-order chi connectivity index (χ0) is 7.70. The van der Waals surface area contributed by atoms with Crippen LogP contribution < -0.4 is 5.32 Å². The molecule has 0 amide bonds. The summed E-state index contributed by atoms with van der Waals surface area (Å²) in [6.45, 7) is 6.39. The van der Waals surface area contributed by atoms with Crippen LogP contribution in [0.25, 0.3) is 0 Å². The number of rotatable bonds is 2. The molecule has 0 aromatic rings. The van der Waals surface area contributed by atoms with Crippen LogP contribution in [-0.4, -0.2) is 17.4 Å². The van der Waals surface area contributed by atoms with Crippen LogP contribution in [0.4, 0.5) is 0 Å². The predicted octanol–water partition coefficient (Wildman–Crippen LogP) is 2.89. The minimum Gasteiger partial charge on any atom is -0.317 e. The fourth-order valence-electron chi connectivity index (χ4n) is 0.250. The monoisotopic (exact) mass is 481 g/mol. The van der Waals surface area contributed by atoms with Gasteiger partial charge in [-0.1, -0.05) is 13.8 Å². The van der Waals surface area contributed by atoms with Crippen LogP contribution in [-0.2, 0) is 0 Å². The van der Waals surface area contributed by atoms with Gasteiger partial charge in [-0.25, -0.2) is 0 Å². The van der Waals surface area contributed by atoms with Gasteiger partial charge in [0.25, 0.3) is 0 Å². The Labute approximate surface area is 95.5 Å². The molecule has 0 saturated carbocycles. The van der Waals surface area contributed by atoms with Gasteiger partial charge in [-0.2, -0.15) is 60.8 Å². The van der Waals surface area contributed by atoms with E-state index in [1.165, 1.54) is 0 Å². The average Bonchev–Trinajstić information content (AvgIpc) is 1.66. The van der Waals surface area contributed by atoms with Gasteiger partial charge >= 0.3 is 4.30 Å². The zero-order valence-electron chi connectivity index (χ0n) is 5.63. The van der Waals surface area contributed by atoms with E-state index in [1.54, 1.807) is 0 Å². The standard InChI is InChI=1S/C4H11N.Al.3HI/c1-3-5-4-2;;;;/h5H,3-4H2,1-2H3;;3*1H/q;+3;;;/p-3. The molecule has 1 nitrogen and oxygen atoms in total. The first-order chi connectivity index (χ1) is 4.15. The predicted molar refractivity (Wildman–Crippen MR) is 72.0 cm³/mol. The highest BCUT2D eigenvalue weighted by Crippen LogP contribution is 2.10. The molecular formula is C4H11AlI3N. The van der Waals surface area contributed by atoms with Crippen molar-refractivity contribution in [3.05, 3.63) is 0 Å². The Hall–Kier alpha value is 2.68. The number of halogens is 3. The zero-order valence-corrected chi connectivity index (χ0v) is 13.3. The molecule has 0 rings (SSSR count). The van der Waals surface area contributed by atoms with Crippen molar-refractivity contribution < 1.29 is 0 Å². The van der Waals surface area contributed by atoms with Crippen molar-refractivity contribution in [1.82, 2.24) is 5.32 Å². The molecule has 0 fully saturated rings. The largest absolute Gasteiger partial charge is 0.524 e. The second-order valence-electron chi connectivity index (χ2n) is 1.20. The molecule has 1 N–H and O–H groups in total. The summed E-state index contributed by atoms with van der Waals surface area (Å²) in [6.07, 6.45) is 0. The van der Waals surface area contributed by atoms with Gasteiger partial charge in [0.05, 0.1) is 0 Å². The topological polar surface area (TPSA) is 12.0 Å². The van der Waals surface area contributed by atoms with E-state index in [2.05, 4.69) is 80.0 Å². The van der Waals surface area contributed by atoms with Gasteiger partial charge in [-0.15, -0.1) is 0 Å². The Morgan fingerprint density at radius 3 is 1.33 bits per heavy atom. The Morgan fingerprint density at radius 2 is 1.33 bits per heavy atom. The molecule has 0 aromatic heterocycles. The fraction of sp³-hybridized carbons (Fsp3) is 1.00. The molecule has 0 aliphatic carbocycles. The highest BCUT2D eigenvalue weighted by atomic mass is 127. The lowest BCUT2D eigenvalue weighted by Crippen LogP contribution is -2.09. The summed E-state index contributed by atoms with van der Waals surface area (Å²) in [6, 6.07) is 0. The van der Waals surface area contributed by atoms with Crippen molar-refractivity contribution in [2.24, 2.45) is 0 Å². The number of nitrogens with one attached hydrogen (secondary N) is 1. The molecule has 0 heterocycles. The van der Waals surface area contributed by atoms with Crippen molar-refractivity contribution >= 4 is 65.1 Å². The lowest BCUT2D eigenvalue weighted by molar-refractivity contribution is 0.762. The van der Waals surface area contributed by atoms with Crippen LogP contribution in [0.5, 0.6) is 0 Å². The summed E-state index contributed by atoms with van der Waals surface area (Å²) in [7, 11) is 0. The van der Waals surface area contributed by atoms with Crippen LogP contribution in [0.2, 0.25) is 0 Å². The van der Waals surface area contributed by atoms with Gasteiger partial charge in [0.2, 0.25) is 0 Å². The Bertz CT molecular complexity index is 40.0. The highest BCUT2D eigenvalue weighted by molar-refractivity contribution is 14.4. The molecular weight excluding hydrogens is 470 g/mol. The third kappa shape index (κ3) is 36.7. The summed E-state index contributed by atoms with van der Waals surface area (Å²) in [4.78, 5) is 0. The van der Waals surface area contributed by atoms with Crippen LogP contribution >= 0.6 is 60.8 Å². The molecule has 0 aliphatic heterocycles. The number of hydrogen-bond acceptors (Lipinski definition) is 1. The van der Waals surface area contributed by atoms with Crippen LogP contribution in [0, 0.1) is 0 Å². The van der Waals surface area contributed by atoms with Crippen molar-refractivity contribution in [2.45, 2.75) is 13.8 Å². The molecule has 56 valence electrons. The second-order valence-corrected chi connectivity index (χ2v) is 34.4. The van der Waals surface area contributed by atoms with Gasteiger partial charge in [0.1, 0.15) is 0 Å². The van der Waals surface area contributed by atoms with Gasteiger partial charge in [-0.05, 0) is 13.1 Å². The SMILES string of the molecule is CCNCC.[I][Al]([I])[I]. The van der Waals surface area contributed by atoms with E-state index in [-0.39, 0.29) is 4.30 Å². The van der Waals surface area contributed by atoms with Crippen LogP contribution in [0.1, 0.15) is 13.8 Å². The molecule has 0 saturated heterocycles. The third-order valence-electron chi connectivity index (χ3n) is 0.500. The summed E-state index contributed by atoms with van der Waals surface area (Å²) < 4.78 is -0.229. The second kappa shape index (κ2) is 13.3. The third-order valence-corrected chi connectivity index (χ3v) is 0.500. The minimum atomic E-state index is -0.229. The quantitative estimate of drug-likeness (QED) is 0.473. The summed E-state index contributed by atoms with van der Waals surface area (Å²) in [5.41, 5.74) is 0. The summed E-state index contributed by atoms with van der Waals surface area (Å²) in [5, 5.41) is 3.11. The van der Waals surface area contributed by atoms with E-state index in [9.17, 15) is 0 Å². The Morgan fingerprint density at radius 1 is 1.11 bits per heavy atom. The molecule has 0 radical (unpaired) electrons. The first-order valence-electron chi connectivity index (χ1n) is 2.78. The first-order valence-corrected chi connectivity index (χ1v) is 15.3. The summed E-state index contributed by atoms with van der Waals surface area (Å²) >= 11 is 7.37. The van der Waals surface area contributed by atoms with E-state index in [1.807, 2.05) is 0 Å². The lowest BCUT2D eigenvalue weighted by Gasteiger charge is -1.86. The maximum Gasteiger partial charge on any atom is 0.524 e. The Kier molecular flexibility index (Phi) is 21.0. The maximum atomic E-state index is 3.11. The minimum absolute atomic E-state index is 0.229. The molecule has 0 aromatic carbocycles. The molecule has 9 heavy (non-hydrogen) atoms. The van der Waals surface area contributed by atoms with Gasteiger partial charge in [-0.3, -0.25) is 0 Å². The Balaban J connectivity index is 0. The van der Waals surface area contributed by atoms with E-state index >= 15 is 0 Å². The van der Waals surface area contributed by atoms with Crippen molar-refractivity contribution in [3.8, 4) is 0 Å². The fourth-order valence-corrected chi connectivity index (χ4v) is 0.250. The smallest absolute Gasteiger partial charge is 0.317 e. The lowest BCUT2D eigenvalue weighted by atomic mass is 10.7. The molecule has 0 bridgehead atoms. The van der Waals surface area contributed by atoms with Gasteiger partial charge < -0.3 is 5.32 Å². The van der Waals surface area contributed by atoms with Crippen molar-refractivity contribution in [1.29, 1.82) is 0 Å². The summed E-state index contributed by atoms with van der Waals surface area (Å²) in [5.74, 6) is 0. The highest BCUT2D eigenvalue weighted by Gasteiger charge is 1.94. The normalized spacial score (nSPS) is 7.67. The molecule has 0 spiro atoms. The van der Waals surface area contributed by atoms with E-state index in [4.69, 9.17) is 0 Å². The average molecular weight is 481 g/mol. The van der Waals surface area contributed by atoms with E-state index < -0.39 is 0 Å². The van der Waals surface area contributed by atoms with Gasteiger partial charge in [0, 0.05) is 0 Å². The molecule has 0 atom stereocenters. The van der Waals surface area contributed by atoms with Crippen LogP contribution in [0.15, 0.2) is 0 Å². The molecule has 0 aliphatic rings. The maximum absolute atomic E-state index is 3.11. The van der Waals surface area contributed by atoms with E-state index in [0.717, 1.165) is 13.1 Å². The van der Waals surface area contributed by atoms with Crippen molar-refractivity contribution in [2.75, 3.05) is 13.1 Å².